The largest absolute Gasteiger partial charge is 0.336 e. The minimum Gasteiger partial charge on any atom is -0.336 e. The van der Waals surface area contributed by atoms with Crippen molar-refractivity contribution >= 4 is 6.03 Å². The number of carbonyl (C=O) groups is 1. The van der Waals surface area contributed by atoms with Gasteiger partial charge in [-0.25, -0.2) is 4.79 Å². The Morgan fingerprint density at radius 2 is 1.83 bits per heavy atom. The predicted octanol–water partition coefficient (Wildman–Crippen LogP) is 0.674. The van der Waals surface area contributed by atoms with Gasteiger partial charge >= 0.3 is 6.03 Å². The van der Waals surface area contributed by atoms with Crippen molar-refractivity contribution < 1.29 is 4.79 Å². The van der Waals surface area contributed by atoms with Crippen molar-refractivity contribution in [1.82, 2.24) is 20.0 Å². The summed E-state index contributed by atoms with van der Waals surface area (Å²) in [5.74, 6) is 0. The summed E-state index contributed by atoms with van der Waals surface area (Å²) < 4.78 is 0. The van der Waals surface area contributed by atoms with E-state index in [-0.39, 0.29) is 12.1 Å². The summed E-state index contributed by atoms with van der Waals surface area (Å²) in [7, 11) is 4.21. The molecule has 18 heavy (non-hydrogen) atoms. The van der Waals surface area contributed by atoms with Gasteiger partial charge in [-0.05, 0) is 47.5 Å². The SMILES string of the molecule is CC(C)NC(=O)N1CCN(CCCN(C)C)CC1. The highest BCUT2D eigenvalue weighted by molar-refractivity contribution is 5.74. The van der Waals surface area contributed by atoms with Gasteiger partial charge in [0.05, 0.1) is 0 Å². The number of hydrogen-bond acceptors (Lipinski definition) is 3. The van der Waals surface area contributed by atoms with Gasteiger partial charge < -0.3 is 15.1 Å². The Balaban J connectivity index is 2.18. The zero-order valence-corrected chi connectivity index (χ0v) is 12.3. The molecular weight excluding hydrogens is 228 g/mol. The third kappa shape index (κ3) is 5.69. The summed E-state index contributed by atoms with van der Waals surface area (Å²) >= 11 is 0. The van der Waals surface area contributed by atoms with Crippen LogP contribution in [0.5, 0.6) is 0 Å². The van der Waals surface area contributed by atoms with Crippen LogP contribution in [0.3, 0.4) is 0 Å². The van der Waals surface area contributed by atoms with Crippen LogP contribution in [-0.4, -0.2) is 80.1 Å². The van der Waals surface area contributed by atoms with E-state index in [4.69, 9.17) is 0 Å². The van der Waals surface area contributed by atoms with Crippen molar-refractivity contribution in [2.45, 2.75) is 26.3 Å². The molecule has 0 aliphatic carbocycles. The first-order valence-corrected chi connectivity index (χ1v) is 6.91. The summed E-state index contributed by atoms with van der Waals surface area (Å²) in [5.41, 5.74) is 0. The first-order chi connectivity index (χ1) is 8.49. The second-order valence-electron chi connectivity index (χ2n) is 5.59. The average molecular weight is 256 g/mol. The fourth-order valence-electron chi connectivity index (χ4n) is 2.12. The van der Waals surface area contributed by atoms with Gasteiger partial charge in [-0.3, -0.25) is 4.90 Å². The molecule has 1 aliphatic heterocycles. The van der Waals surface area contributed by atoms with Crippen LogP contribution < -0.4 is 5.32 Å². The predicted molar refractivity (Wildman–Crippen MR) is 74.9 cm³/mol. The fraction of sp³-hybridized carbons (Fsp3) is 0.923. The minimum atomic E-state index is 0.0814. The molecule has 0 aromatic rings. The van der Waals surface area contributed by atoms with Gasteiger partial charge in [0.1, 0.15) is 0 Å². The molecule has 1 heterocycles. The minimum absolute atomic E-state index is 0.0814. The number of piperazine rings is 1. The van der Waals surface area contributed by atoms with E-state index in [1.54, 1.807) is 0 Å². The van der Waals surface area contributed by atoms with E-state index >= 15 is 0 Å². The van der Waals surface area contributed by atoms with Crippen LogP contribution in [0.25, 0.3) is 0 Å². The number of carbonyl (C=O) groups excluding carboxylic acids is 1. The van der Waals surface area contributed by atoms with Crippen LogP contribution in [0, 0.1) is 0 Å². The lowest BCUT2D eigenvalue weighted by molar-refractivity contribution is 0.135. The molecule has 1 aliphatic rings. The van der Waals surface area contributed by atoms with Crippen LogP contribution in [0.1, 0.15) is 20.3 Å². The second kappa shape index (κ2) is 7.59. The molecule has 1 fully saturated rings. The maximum Gasteiger partial charge on any atom is 0.317 e. The Hall–Kier alpha value is -0.810. The Labute approximate surface area is 111 Å². The third-order valence-electron chi connectivity index (χ3n) is 3.15. The highest BCUT2D eigenvalue weighted by Crippen LogP contribution is 2.03. The van der Waals surface area contributed by atoms with Crippen LogP contribution in [-0.2, 0) is 0 Å². The number of nitrogens with zero attached hydrogens (tertiary/aromatic N) is 3. The van der Waals surface area contributed by atoms with Crippen molar-refractivity contribution in [2.24, 2.45) is 0 Å². The van der Waals surface area contributed by atoms with Crippen LogP contribution in [0.2, 0.25) is 0 Å². The summed E-state index contributed by atoms with van der Waals surface area (Å²) in [4.78, 5) is 18.4. The first kappa shape index (κ1) is 15.2. The van der Waals surface area contributed by atoms with Crippen LogP contribution >= 0.6 is 0 Å². The van der Waals surface area contributed by atoms with Gasteiger partial charge in [-0.2, -0.15) is 0 Å². The summed E-state index contributed by atoms with van der Waals surface area (Å²) in [5, 5.41) is 2.95. The number of hydrogen-bond donors (Lipinski definition) is 1. The van der Waals surface area contributed by atoms with E-state index in [9.17, 15) is 4.79 Å². The zero-order chi connectivity index (χ0) is 13.5. The lowest BCUT2D eigenvalue weighted by Crippen LogP contribution is -2.53. The van der Waals surface area contributed by atoms with E-state index in [1.807, 2.05) is 18.7 Å². The molecule has 0 bridgehead atoms. The molecule has 5 heteroatoms. The second-order valence-corrected chi connectivity index (χ2v) is 5.59. The van der Waals surface area contributed by atoms with Gasteiger partial charge in [0.15, 0.2) is 0 Å². The molecule has 1 rings (SSSR count). The molecule has 1 N–H and O–H groups in total. The maximum atomic E-state index is 11.8. The zero-order valence-electron chi connectivity index (χ0n) is 12.3. The quantitative estimate of drug-likeness (QED) is 0.786. The summed E-state index contributed by atoms with van der Waals surface area (Å²) in [6.07, 6.45) is 1.20. The molecule has 0 saturated carbocycles. The molecular formula is C13H28N4O. The van der Waals surface area contributed by atoms with E-state index in [0.29, 0.717) is 0 Å². The van der Waals surface area contributed by atoms with Gasteiger partial charge in [0.2, 0.25) is 0 Å². The molecule has 2 amide bonds. The Morgan fingerprint density at radius 3 is 2.33 bits per heavy atom. The summed E-state index contributed by atoms with van der Waals surface area (Å²) in [6, 6.07) is 0.300. The van der Waals surface area contributed by atoms with Crippen LogP contribution in [0.4, 0.5) is 4.79 Å². The number of nitrogens with one attached hydrogen (secondary N) is 1. The van der Waals surface area contributed by atoms with Gasteiger partial charge in [0, 0.05) is 32.2 Å². The van der Waals surface area contributed by atoms with Crippen molar-refractivity contribution in [1.29, 1.82) is 0 Å². The van der Waals surface area contributed by atoms with Gasteiger partial charge in [-0.15, -0.1) is 0 Å². The van der Waals surface area contributed by atoms with Crippen molar-refractivity contribution in [3.05, 3.63) is 0 Å². The molecule has 0 unspecified atom stereocenters. The summed E-state index contributed by atoms with van der Waals surface area (Å²) in [6.45, 7) is 9.95. The first-order valence-electron chi connectivity index (χ1n) is 6.91. The van der Waals surface area contributed by atoms with Crippen molar-refractivity contribution in [3.63, 3.8) is 0 Å². The van der Waals surface area contributed by atoms with Crippen molar-refractivity contribution in [3.8, 4) is 0 Å². The van der Waals surface area contributed by atoms with Gasteiger partial charge in [0.25, 0.3) is 0 Å². The topological polar surface area (TPSA) is 38.8 Å². The molecule has 0 aromatic heterocycles. The molecule has 0 atom stereocenters. The van der Waals surface area contributed by atoms with Crippen molar-refractivity contribution in [2.75, 3.05) is 53.4 Å². The van der Waals surface area contributed by atoms with E-state index in [2.05, 4.69) is 29.2 Å². The lowest BCUT2D eigenvalue weighted by Gasteiger charge is -2.35. The number of urea groups is 1. The highest BCUT2D eigenvalue weighted by Gasteiger charge is 2.20. The lowest BCUT2D eigenvalue weighted by atomic mass is 10.3. The van der Waals surface area contributed by atoms with Crippen LogP contribution in [0.15, 0.2) is 0 Å². The molecule has 5 nitrogen and oxygen atoms in total. The van der Waals surface area contributed by atoms with E-state index < -0.39 is 0 Å². The molecule has 1 saturated heterocycles. The molecule has 0 radical (unpaired) electrons. The smallest absolute Gasteiger partial charge is 0.317 e. The van der Waals surface area contributed by atoms with Gasteiger partial charge in [-0.1, -0.05) is 0 Å². The molecule has 0 aromatic carbocycles. The molecule has 0 spiro atoms. The maximum absolute atomic E-state index is 11.8. The molecule has 106 valence electrons. The standard InChI is InChI=1S/C13H28N4O/c1-12(2)14-13(18)17-10-8-16(9-11-17)7-5-6-15(3)4/h12H,5-11H2,1-4H3,(H,14,18). The monoisotopic (exact) mass is 256 g/mol. The number of amides is 2. The highest BCUT2D eigenvalue weighted by atomic mass is 16.2. The Bertz CT molecular complexity index is 247. The third-order valence-corrected chi connectivity index (χ3v) is 3.15. The average Bonchev–Trinajstić information content (AvgIpc) is 2.28. The number of rotatable bonds is 5. The van der Waals surface area contributed by atoms with E-state index in [0.717, 1.165) is 39.3 Å². The fourth-order valence-corrected chi connectivity index (χ4v) is 2.12. The Morgan fingerprint density at radius 1 is 1.22 bits per heavy atom. The van der Waals surface area contributed by atoms with E-state index in [1.165, 1.54) is 6.42 Å². The normalized spacial score (nSPS) is 17.6. The Kier molecular flexibility index (Phi) is 6.43.